The topological polar surface area (TPSA) is 73.5 Å². The number of rotatable bonds is 4. The fourth-order valence-corrected chi connectivity index (χ4v) is 2.83. The second-order valence-electron chi connectivity index (χ2n) is 5.55. The van der Waals surface area contributed by atoms with E-state index in [1.165, 1.54) is 0 Å². The Morgan fingerprint density at radius 2 is 2.23 bits per heavy atom. The van der Waals surface area contributed by atoms with Gasteiger partial charge >= 0.3 is 6.03 Å². The summed E-state index contributed by atoms with van der Waals surface area (Å²) in [6.45, 7) is 3.23. The van der Waals surface area contributed by atoms with Crippen LogP contribution in [0.4, 0.5) is 16.2 Å². The number of amides is 3. The number of carbonyl (C=O) groups is 2. The van der Waals surface area contributed by atoms with E-state index in [9.17, 15) is 9.59 Å². The lowest BCUT2D eigenvalue weighted by molar-refractivity contribution is -0.116. The lowest BCUT2D eigenvalue weighted by atomic mass is 10.0. The molecule has 1 aromatic rings. The average molecular weight is 325 g/mol. The van der Waals surface area contributed by atoms with Crippen LogP contribution in [0, 0.1) is 5.92 Å². The van der Waals surface area contributed by atoms with Gasteiger partial charge in [-0.1, -0.05) is 6.07 Å². The summed E-state index contributed by atoms with van der Waals surface area (Å²) in [6, 6.07) is 7.34. The number of hydrogen-bond donors (Lipinski definition) is 3. The van der Waals surface area contributed by atoms with Crippen molar-refractivity contribution in [1.29, 1.82) is 0 Å². The molecule has 0 saturated carbocycles. The van der Waals surface area contributed by atoms with E-state index in [0.29, 0.717) is 25.4 Å². The predicted molar refractivity (Wildman–Crippen MR) is 88.7 cm³/mol. The fraction of sp³-hybridized carbons (Fsp3) is 0.467. The third-order valence-corrected chi connectivity index (χ3v) is 3.93. The summed E-state index contributed by atoms with van der Waals surface area (Å²) in [5.74, 6) is 0.462. The number of nitrogens with one attached hydrogen (secondary N) is 3. The van der Waals surface area contributed by atoms with E-state index in [1.54, 1.807) is 4.90 Å². The van der Waals surface area contributed by atoms with Gasteiger partial charge in [0.05, 0.1) is 0 Å². The van der Waals surface area contributed by atoms with Crippen molar-refractivity contribution in [1.82, 2.24) is 10.6 Å². The van der Waals surface area contributed by atoms with E-state index in [0.717, 1.165) is 30.9 Å². The second-order valence-corrected chi connectivity index (χ2v) is 5.55. The van der Waals surface area contributed by atoms with Gasteiger partial charge in [0.15, 0.2) is 0 Å². The minimum absolute atomic E-state index is 0. The fourth-order valence-electron chi connectivity index (χ4n) is 2.83. The third kappa shape index (κ3) is 3.90. The number of hydrogen-bond acceptors (Lipinski definition) is 3. The van der Waals surface area contributed by atoms with Crippen molar-refractivity contribution >= 4 is 35.7 Å². The molecule has 2 aliphatic heterocycles. The maximum atomic E-state index is 12.0. The highest BCUT2D eigenvalue weighted by atomic mass is 35.5. The zero-order valence-electron chi connectivity index (χ0n) is 12.3. The molecule has 2 heterocycles. The Balaban J connectivity index is 0.00000176. The number of nitrogens with zero attached hydrogens (tertiary/aromatic N) is 1. The van der Waals surface area contributed by atoms with Crippen LogP contribution >= 0.6 is 12.4 Å². The van der Waals surface area contributed by atoms with Crippen molar-refractivity contribution in [2.24, 2.45) is 5.92 Å². The molecule has 6 nitrogen and oxygen atoms in total. The average Bonchev–Trinajstić information content (AvgIpc) is 3.10. The summed E-state index contributed by atoms with van der Waals surface area (Å²) in [7, 11) is 0. The van der Waals surface area contributed by atoms with Crippen LogP contribution in [0.1, 0.15) is 12.8 Å². The Hall–Kier alpha value is -1.79. The maximum Gasteiger partial charge on any atom is 0.321 e. The van der Waals surface area contributed by atoms with E-state index in [2.05, 4.69) is 16.0 Å². The molecule has 2 aliphatic rings. The minimum Gasteiger partial charge on any atom is -0.336 e. The molecule has 3 rings (SSSR count). The van der Waals surface area contributed by atoms with Crippen LogP contribution in [0.15, 0.2) is 24.3 Å². The van der Waals surface area contributed by atoms with Crippen LogP contribution in [-0.4, -0.2) is 38.1 Å². The van der Waals surface area contributed by atoms with Crippen LogP contribution in [0.5, 0.6) is 0 Å². The molecule has 0 bridgehead atoms. The monoisotopic (exact) mass is 324 g/mol. The molecule has 7 heteroatoms. The summed E-state index contributed by atoms with van der Waals surface area (Å²) in [4.78, 5) is 25.4. The van der Waals surface area contributed by atoms with Crippen molar-refractivity contribution in [3.63, 3.8) is 0 Å². The van der Waals surface area contributed by atoms with Gasteiger partial charge in [0, 0.05) is 30.9 Å². The summed E-state index contributed by atoms with van der Waals surface area (Å²) in [6.07, 6.45) is 1.60. The Morgan fingerprint density at radius 1 is 1.36 bits per heavy atom. The highest BCUT2D eigenvalue weighted by molar-refractivity contribution is 5.96. The van der Waals surface area contributed by atoms with E-state index >= 15 is 0 Å². The van der Waals surface area contributed by atoms with Crippen molar-refractivity contribution < 1.29 is 9.59 Å². The molecule has 22 heavy (non-hydrogen) atoms. The van der Waals surface area contributed by atoms with E-state index in [-0.39, 0.29) is 24.3 Å². The molecule has 2 fully saturated rings. The van der Waals surface area contributed by atoms with Gasteiger partial charge in [0.2, 0.25) is 5.91 Å². The first-order valence-corrected chi connectivity index (χ1v) is 7.38. The van der Waals surface area contributed by atoms with Gasteiger partial charge in [-0.15, -0.1) is 12.4 Å². The summed E-state index contributed by atoms with van der Waals surface area (Å²) >= 11 is 0. The van der Waals surface area contributed by atoms with Crippen LogP contribution < -0.4 is 20.9 Å². The number of urea groups is 1. The zero-order chi connectivity index (χ0) is 14.7. The molecular formula is C15H21ClN4O2. The first kappa shape index (κ1) is 16.6. The van der Waals surface area contributed by atoms with E-state index in [1.807, 2.05) is 24.3 Å². The normalized spacial score (nSPS) is 20.5. The highest BCUT2D eigenvalue weighted by Crippen LogP contribution is 2.21. The van der Waals surface area contributed by atoms with Crippen molar-refractivity contribution in [2.45, 2.75) is 12.8 Å². The maximum absolute atomic E-state index is 12.0. The Morgan fingerprint density at radius 3 is 2.91 bits per heavy atom. The molecule has 120 valence electrons. The summed E-state index contributed by atoms with van der Waals surface area (Å²) < 4.78 is 0. The van der Waals surface area contributed by atoms with E-state index < -0.39 is 0 Å². The summed E-state index contributed by atoms with van der Waals surface area (Å²) in [5.41, 5.74) is 1.55. The predicted octanol–water partition coefficient (Wildman–Crippen LogP) is 1.58. The molecule has 0 aromatic heterocycles. The first-order valence-electron chi connectivity index (χ1n) is 7.38. The van der Waals surface area contributed by atoms with Gasteiger partial charge in [-0.05, 0) is 43.6 Å². The Labute approximate surface area is 136 Å². The van der Waals surface area contributed by atoms with Gasteiger partial charge in [-0.25, -0.2) is 4.79 Å². The van der Waals surface area contributed by atoms with Gasteiger partial charge in [-0.3, -0.25) is 9.69 Å². The molecule has 0 aliphatic carbocycles. The standard InChI is InChI=1S/C15H20N4O2.ClH/c20-14(8-11-4-5-16-10-11)18-12-2-1-3-13(9-12)19-7-6-17-15(19)21;/h1-3,9,11,16H,4-8,10H2,(H,17,21)(H,18,20);1H. The van der Waals surface area contributed by atoms with Crippen LogP contribution in [0.2, 0.25) is 0 Å². The summed E-state index contributed by atoms with van der Waals surface area (Å²) in [5, 5.41) is 8.95. The molecule has 0 spiro atoms. The lowest BCUT2D eigenvalue weighted by Crippen LogP contribution is -2.27. The van der Waals surface area contributed by atoms with Gasteiger partial charge in [0.25, 0.3) is 0 Å². The lowest BCUT2D eigenvalue weighted by Gasteiger charge is -2.16. The largest absolute Gasteiger partial charge is 0.336 e. The molecule has 2 saturated heterocycles. The molecular weight excluding hydrogens is 304 g/mol. The number of benzene rings is 1. The van der Waals surface area contributed by atoms with Gasteiger partial charge in [-0.2, -0.15) is 0 Å². The van der Waals surface area contributed by atoms with Crippen LogP contribution in [-0.2, 0) is 4.79 Å². The number of anilines is 2. The van der Waals surface area contributed by atoms with E-state index in [4.69, 9.17) is 0 Å². The van der Waals surface area contributed by atoms with Crippen LogP contribution in [0.25, 0.3) is 0 Å². The molecule has 1 aromatic carbocycles. The minimum atomic E-state index is -0.0875. The van der Waals surface area contributed by atoms with Gasteiger partial charge in [0.1, 0.15) is 0 Å². The van der Waals surface area contributed by atoms with Crippen molar-refractivity contribution in [2.75, 3.05) is 36.4 Å². The molecule has 3 amide bonds. The molecule has 1 atom stereocenters. The van der Waals surface area contributed by atoms with Crippen LogP contribution in [0.3, 0.4) is 0 Å². The molecule has 3 N–H and O–H groups in total. The van der Waals surface area contributed by atoms with Crippen molar-refractivity contribution in [3.05, 3.63) is 24.3 Å². The molecule has 1 unspecified atom stereocenters. The SMILES string of the molecule is Cl.O=C(CC1CCNC1)Nc1cccc(N2CCNC2=O)c1. The number of halogens is 1. The second kappa shape index (κ2) is 7.47. The zero-order valence-corrected chi connectivity index (χ0v) is 13.1. The quantitative estimate of drug-likeness (QED) is 0.787. The highest BCUT2D eigenvalue weighted by Gasteiger charge is 2.22. The molecule has 0 radical (unpaired) electrons. The third-order valence-electron chi connectivity index (χ3n) is 3.93. The Kier molecular flexibility index (Phi) is 5.63. The van der Waals surface area contributed by atoms with Crippen molar-refractivity contribution in [3.8, 4) is 0 Å². The first-order chi connectivity index (χ1) is 10.2. The number of carbonyl (C=O) groups excluding carboxylic acids is 2. The van der Waals surface area contributed by atoms with Gasteiger partial charge < -0.3 is 16.0 Å². The Bertz CT molecular complexity index is 546. The smallest absolute Gasteiger partial charge is 0.321 e.